The number of hydrogen-bond donors (Lipinski definition) is 2. The lowest BCUT2D eigenvalue weighted by atomic mass is 10.2. The molecule has 2 unspecified atom stereocenters. The van der Waals surface area contributed by atoms with Crippen molar-refractivity contribution < 1.29 is 15.1 Å². The number of fused-ring (bicyclic) bond motifs is 1. The third kappa shape index (κ3) is 0.866. The first kappa shape index (κ1) is 8.77. The smallest absolute Gasteiger partial charge is 0.326 e. The highest BCUT2D eigenvalue weighted by molar-refractivity contribution is 5.85. The van der Waals surface area contributed by atoms with Gasteiger partial charge in [-0.25, -0.2) is 0 Å². The molecule has 2 fully saturated rings. The van der Waals surface area contributed by atoms with Gasteiger partial charge in [0, 0.05) is 6.54 Å². The lowest BCUT2D eigenvalue weighted by Crippen LogP contribution is -2.38. The van der Waals surface area contributed by atoms with Crippen LogP contribution in [0, 0.1) is 5.92 Å². The highest BCUT2D eigenvalue weighted by Gasteiger charge is 2.67. The van der Waals surface area contributed by atoms with Gasteiger partial charge in [-0.05, 0) is 18.8 Å². The van der Waals surface area contributed by atoms with Gasteiger partial charge in [-0.2, -0.15) is 5.06 Å². The van der Waals surface area contributed by atoms with Gasteiger partial charge >= 0.3 is 5.97 Å². The lowest BCUT2D eigenvalue weighted by molar-refractivity contribution is -0.169. The van der Waals surface area contributed by atoms with E-state index in [1.165, 1.54) is 0 Å². The van der Waals surface area contributed by atoms with E-state index >= 15 is 0 Å². The van der Waals surface area contributed by atoms with Crippen LogP contribution in [0.3, 0.4) is 0 Å². The van der Waals surface area contributed by atoms with Crippen LogP contribution in [0.1, 0.15) is 12.8 Å². The van der Waals surface area contributed by atoms with Crippen LogP contribution >= 0.6 is 12.4 Å². The van der Waals surface area contributed by atoms with Crippen LogP contribution in [0.2, 0.25) is 0 Å². The van der Waals surface area contributed by atoms with E-state index in [1.54, 1.807) is 0 Å². The van der Waals surface area contributed by atoms with Crippen molar-refractivity contribution in [2.75, 3.05) is 6.54 Å². The molecule has 1 saturated carbocycles. The Morgan fingerprint density at radius 1 is 1.64 bits per heavy atom. The van der Waals surface area contributed by atoms with Gasteiger partial charge in [-0.15, -0.1) is 12.4 Å². The van der Waals surface area contributed by atoms with Crippen molar-refractivity contribution in [3.8, 4) is 0 Å². The monoisotopic (exact) mass is 179 g/mol. The fourth-order valence-corrected chi connectivity index (χ4v) is 1.82. The molecule has 2 atom stereocenters. The van der Waals surface area contributed by atoms with E-state index in [0.717, 1.165) is 11.5 Å². The fraction of sp³-hybridized carbons (Fsp3) is 0.833. The molecule has 1 aliphatic heterocycles. The average Bonchev–Trinajstić information content (AvgIpc) is 2.52. The number of nitrogens with zero attached hydrogens (tertiary/aromatic N) is 1. The van der Waals surface area contributed by atoms with E-state index in [1.807, 2.05) is 0 Å². The summed E-state index contributed by atoms with van der Waals surface area (Å²) in [6, 6.07) is 0. The summed E-state index contributed by atoms with van der Waals surface area (Å²) < 4.78 is 0. The van der Waals surface area contributed by atoms with Crippen LogP contribution in [0.4, 0.5) is 0 Å². The quantitative estimate of drug-likeness (QED) is 0.610. The van der Waals surface area contributed by atoms with Crippen LogP contribution < -0.4 is 0 Å². The van der Waals surface area contributed by atoms with Crippen molar-refractivity contribution >= 4 is 18.4 Å². The Morgan fingerprint density at radius 2 is 2.27 bits per heavy atom. The Bertz CT molecular complexity index is 198. The predicted molar refractivity (Wildman–Crippen MR) is 38.8 cm³/mol. The molecule has 0 amide bonds. The Balaban J connectivity index is 0.000000605. The summed E-state index contributed by atoms with van der Waals surface area (Å²) >= 11 is 0. The number of carboxylic acids is 1. The van der Waals surface area contributed by atoms with Gasteiger partial charge in [-0.1, -0.05) is 0 Å². The van der Waals surface area contributed by atoms with Gasteiger partial charge in [0.15, 0.2) is 0 Å². The maximum atomic E-state index is 10.6. The molecule has 0 spiro atoms. The molecule has 0 radical (unpaired) electrons. The molecule has 5 heteroatoms. The molecular formula is C6H10ClNO3. The number of halogens is 1. The first-order chi connectivity index (χ1) is 4.68. The van der Waals surface area contributed by atoms with Gasteiger partial charge in [0.1, 0.15) is 5.54 Å². The molecular weight excluding hydrogens is 170 g/mol. The first-order valence-corrected chi connectivity index (χ1v) is 3.38. The average molecular weight is 180 g/mol. The Hall–Kier alpha value is -0.320. The number of hydroxylamine groups is 2. The molecule has 64 valence electrons. The minimum Gasteiger partial charge on any atom is -0.480 e. The number of carbonyl (C=O) groups is 1. The summed E-state index contributed by atoms with van der Waals surface area (Å²) in [5.41, 5.74) is -0.875. The van der Waals surface area contributed by atoms with E-state index in [9.17, 15) is 4.79 Å². The highest BCUT2D eigenvalue weighted by atomic mass is 35.5. The van der Waals surface area contributed by atoms with Crippen molar-refractivity contribution in [1.82, 2.24) is 5.06 Å². The van der Waals surface area contributed by atoms with Gasteiger partial charge in [0.25, 0.3) is 0 Å². The zero-order chi connectivity index (χ0) is 7.35. The number of rotatable bonds is 1. The Morgan fingerprint density at radius 3 is 2.45 bits per heavy atom. The van der Waals surface area contributed by atoms with Gasteiger partial charge in [0.05, 0.1) is 0 Å². The van der Waals surface area contributed by atoms with Gasteiger partial charge < -0.3 is 10.3 Å². The predicted octanol–water partition coefficient (Wildman–Crippen LogP) is 0.346. The van der Waals surface area contributed by atoms with Crippen LogP contribution in [0.15, 0.2) is 0 Å². The summed E-state index contributed by atoms with van der Waals surface area (Å²) in [5.74, 6) is -0.674. The molecule has 0 bridgehead atoms. The molecule has 0 aromatic carbocycles. The second-order valence-corrected chi connectivity index (χ2v) is 3.04. The van der Waals surface area contributed by atoms with Crippen LogP contribution in [-0.4, -0.2) is 33.4 Å². The summed E-state index contributed by atoms with van der Waals surface area (Å²) in [6.07, 6.45) is 1.45. The van der Waals surface area contributed by atoms with Crippen molar-refractivity contribution in [2.45, 2.75) is 18.4 Å². The largest absolute Gasteiger partial charge is 0.480 e. The number of carboxylic acid groups (broad SMARTS) is 1. The van der Waals surface area contributed by atoms with Gasteiger partial charge in [-0.3, -0.25) is 4.79 Å². The number of piperidine rings is 1. The van der Waals surface area contributed by atoms with Gasteiger partial charge in [0.2, 0.25) is 0 Å². The summed E-state index contributed by atoms with van der Waals surface area (Å²) in [6.45, 7) is 0.511. The van der Waals surface area contributed by atoms with E-state index < -0.39 is 11.5 Å². The topological polar surface area (TPSA) is 60.8 Å². The molecule has 2 aliphatic rings. The van der Waals surface area contributed by atoms with E-state index in [4.69, 9.17) is 10.3 Å². The molecule has 1 heterocycles. The summed E-state index contributed by atoms with van der Waals surface area (Å²) in [5, 5.41) is 18.8. The maximum Gasteiger partial charge on any atom is 0.326 e. The minimum absolute atomic E-state index is 0. The second-order valence-electron chi connectivity index (χ2n) is 3.04. The van der Waals surface area contributed by atoms with Crippen LogP contribution in [-0.2, 0) is 4.79 Å². The SMILES string of the molecule is Cl.O=C(O)C12CC1CCN2O. The summed E-state index contributed by atoms with van der Waals surface area (Å²) in [7, 11) is 0. The molecule has 11 heavy (non-hydrogen) atoms. The van der Waals surface area contributed by atoms with Crippen LogP contribution in [0.25, 0.3) is 0 Å². The Labute approximate surface area is 70.2 Å². The molecule has 0 aromatic rings. The Kier molecular flexibility index (Phi) is 1.86. The summed E-state index contributed by atoms with van der Waals surface area (Å²) in [4.78, 5) is 10.6. The molecule has 2 N–H and O–H groups in total. The molecule has 0 aromatic heterocycles. The van der Waals surface area contributed by atoms with Crippen molar-refractivity contribution in [1.29, 1.82) is 0 Å². The first-order valence-electron chi connectivity index (χ1n) is 3.38. The highest BCUT2D eigenvalue weighted by Crippen LogP contribution is 2.54. The van der Waals surface area contributed by atoms with Crippen molar-refractivity contribution in [2.24, 2.45) is 5.92 Å². The molecule has 4 nitrogen and oxygen atoms in total. The zero-order valence-corrected chi connectivity index (χ0v) is 6.67. The standard InChI is InChI=1S/C6H9NO3.ClH/c8-5(9)6-3-4(6)1-2-7(6)10;/h4,10H,1-3H2,(H,8,9);1H. The maximum absolute atomic E-state index is 10.6. The molecule has 2 rings (SSSR count). The van der Waals surface area contributed by atoms with E-state index in [2.05, 4.69) is 0 Å². The zero-order valence-electron chi connectivity index (χ0n) is 5.86. The second kappa shape index (κ2) is 2.33. The third-order valence-corrected chi connectivity index (χ3v) is 2.59. The minimum atomic E-state index is -0.877. The molecule has 1 saturated heterocycles. The molecule has 1 aliphatic carbocycles. The van der Waals surface area contributed by atoms with Crippen LogP contribution in [0.5, 0.6) is 0 Å². The lowest BCUT2D eigenvalue weighted by Gasteiger charge is -2.15. The fourth-order valence-electron chi connectivity index (χ4n) is 1.82. The van der Waals surface area contributed by atoms with Crippen molar-refractivity contribution in [3.63, 3.8) is 0 Å². The third-order valence-electron chi connectivity index (χ3n) is 2.59. The van der Waals surface area contributed by atoms with Crippen molar-refractivity contribution in [3.05, 3.63) is 0 Å². The number of hydrogen-bond acceptors (Lipinski definition) is 3. The van der Waals surface area contributed by atoms with E-state index in [-0.39, 0.29) is 18.3 Å². The normalized spacial score (nSPS) is 41.0. The van der Waals surface area contributed by atoms with E-state index in [0.29, 0.717) is 13.0 Å². The number of aliphatic carboxylic acids is 1.